The highest BCUT2D eigenvalue weighted by Gasteiger charge is 2.53. The minimum absolute atomic E-state index is 0.185. The van der Waals surface area contributed by atoms with Crippen molar-refractivity contribution in [1.29, 1.82) is 0 Å². The summed E-state index contributed by atoms with van der Waals surface area (Å²) in [6.45, 7) is 0. The third-order valence-corrected chi connectivity index (χ3v) is 4.34. The van der Waals surface area contributed by atoms with E-state index in [1.165, 1.54) is 17.5 Å². The van der Waals surface area contributed by atoms with Gasteiger partial charge in [0, 0.05) is 22.3 Å². The summed E-state index contributed by atoms with van der Waals surface area (Å²) in [5, 5.41) is 14.7. The van der Waals surface area contributed by atoms with Crippen LogP contribution in [0, 0.1) is 16.0 Å². The van der Waals surface area contributed by atoms with Crippen LogP contribution in [0.4, 0.5) is 18.3 Å². The summed E-state index contributed by atoms with van der Waals surface area (Å²) in [5.74, 6) is -1.18. The maximum absolute atomic E-state index is 12.7. The lowest BCUT2D eigenvalue weighted by Crippen LogP contribution is -2.18. The first-order valence-corrected chi connectivity index (χ1v) is 7.71. The van der Waals surface area contributed by atoms with Crippen LogP contribution in [0.25, 0.3) is 11.3 Å². The van der Waals surface area contributed by atoms with Gasteiger partial charge in [-0.3, -0.25) is 14.9 Å². The van der Waals surface area contributed by atoms with Crippen molar-refractivity contribution in [1.82, 2.24) is 4.98 Å². The molecule has 1 aliphatic carbocycles. The number of rotatable bonds is 4. The van der Waals surface area contributed by atoms with Crippen LogP contribution >= 0.6 is 11.3 Å². The third kappa shape index (κ3) is 3.37. The zero-order chi connectivity index (χ0) is 17.5. The van der Waals surface area contributed by atoms with E-state index in [-0.39, 0.29) is 17.1 Å². The molecule has 2 aromatic rings. The van der Waals surface area contributed by atoms with Crippen molar-refractivity contribution in [2.45, 2.75) is 18.6 Å². The van der Waals surface area contributed by atoms with Crippen molar-refractivity contribution in [3.05, 3.63) is 45.3 Å². The predicted molar refractivity (Wildman–Crippen MR) is 80.1 cm³/mol. The molecule has 2 atom stereocenters. The minimum atomic E-state index is -4.45. The van der Waals surface area contributed by atoms with Gasteiger partial charge in [-0.15, -0.1) is 11.3 Å². The highest BCUT2D eigenvalue weighted by Crippen LogP contribution is 2.35. The zero-order valence-electron chi connectivity index (χ0n) is 11.9. The van der Waals surface area contributed by atoms with E-state index < -0.39 is 34.5 Å². The van der Waals surface area contributed by atoms with Gasteiger partial charge in [-0.1, -0.05) is 12.1 Å². The van der Waals surface area contributed by atoms with E-state index in [2.05, 4.69) is 10.3 Å². The lowest BCUT2D eigenvalue weighted by atomic mass is 10.1. The van der Waals surface area contributed by atoms with Gasteiger partial charge in [0.1, 0.15) is 5.92 Å². The molecule has 1 aliphatic rings. The smallest absolute Gasteiger partial charge is 0.301 e. The molecule has 0 aliphatic heterocycles. The van der Waals surface area contributed by atoms with Gasteiger partial charge in [0.25, 0.3) is 0 Å². The molecule has 1 aromatic carbocycles. The van der Waals surface area contributed by atoms with E-state index in [9.17, 15) is 28.1 Å². The Hall–Kier alpha value is -2.49. The number of carbonyl (C=O) groups excluding carboxylic acids is 1. The number of aromatic nitrogens is 1. The highest BCUT2D eigenvalue weighted by atomic mass is 32.1. The Kier molecular flexibility index (Phi) is 3.99. The second kappa shape index (κ2) is 5.86. The fraction of sp³-hybridized carbons (Fsp3) is 0.286. The molecule has 0 spiro atoms. The maximum atomic E-state index is 12.7. The number of hydrogen-bond donors (Lipinski definition) is 1. The Morgan fingerprint density at radius 2 is 2.17 bits per heavy atom. The molecular weight excluding hydrogens is 347 g/mol. The van der Waals surface area contributed by atoms with Crippen LogP contribution in [-0.4, -0.2) is 21.9 Å². The second-order valence-electron chi connectivity index (χ2n) is 5.30. The van der Waals surface area contributed by atoms with E-state index in [4.69, 9.17) is 0 Å². The van der Waals surface area contributed by atoms with Crippen LogP contribution < -0.4 is 5.32 Å². The quantitative estimate of drug-likeness (QED) is 0.671. The lowest BCUT2D eigenvalue weighted by Gasteiger charge is -2.07. The molecule has 1 saturated carbocycles. The fourth-order valence-electron chi connectivity index (χ4n) is 2.21. The number of nitrogens with one attached hydrogen (secondary N) is 1. The van der Waals surface area contributed by atoms with Crippen molar-refractivity contribution >= 4 is 22.4 Å². The number of benzene rings is 1. The number of alkyl halides is 3. The molecule has 1 fully saturated rings. The number of halogens is 3. The van der Waals surface area contributed by atoms with Gasteiger partial charge in [-0.05, 0) is 12.1 Å². The fourth-order valence-corrected chi connectivity index (χ4v) is 2.94. The number of thiazole rings is 1. The van der Waals surface area contributed by atoms with E-state index in [0.717, 1.165) is 23.5 Å². The van der Waals surface area contributed by atoms with Crippen molar-refractivity contribution in [2.24, 2.45) is 5.92 Å². The molecule has 1 aromatic heterocycles. The first-order chi connectivity index (χ1) is 11.3. The van der Waals surface area contributed by atoms with Gasteiger partial charge >= 0.3 is 6.18 Å². The predicted octanol–water partition coefficient (Wildman–Crippen LogP) is 3.43. The SMILES string of the molecule is O=C(Nc1nc(-c2cccc(C(F)(F)F)c2)cs1)[C@H]1C[C@H]1[N+](=O)[O-]. The van der Waals surface area contributed by atoms with Gasteiger partial charge < -0.3 is 5.32 Å². The molecular formula is C14H10F3N3O3S. The molecule has 1 amide bonds. The molecule has 10 heteroatoms. The summed E-state index contributed by atoms with van der Waals surface area (Å²) in [5.41, 5.74) is -0.218. The molecule has 126 valence electrons. The Morgan fingerprint density at radius 1 is 1.42 bits per heavy atom. The second-order valence-corrected chi connectivity index (χ2v) is 6.16. The number of nitrogens with zero attached hydrogens (tertiary/aromatic N) is 2. The van der Waals surface area contributed by atoms with Crippen LogP contribution in [0.3, 0.4) is 0 Å². The molecule has 3 rings (SSSR count). The lowest BCUT2D eigenvalue weighted by molar-refractivity contribution is -0.497. The summed E-state index contributed by atoms with van der Waals surface area (Å²) >= 11 is 1.05. The molecule has 0 radical (unpaired) electrons. The molecule has 6 nitrogen and oxygen atoms in total. The van der Waals surface area contributed by atoms with Gasteiger partial charge in [0.15, 0.2) is 5.13 Å². The van der Waals surface area contributed by atoms with Crippen LogP contribution in [-0.2, 0) is 11.0 Å². The number of anilines is 1. The van der Waals surface area contributed by atoms with Gasteiger partial charge in [0.2, 0.25) is 11.9 Å². The largest absolute Gasteiger partial charge is 0.416 e. The summed E-state index contributed by atoms with van der Waals surface area (Å²) in [6, 6.07) is 3.84. The molecule has 24 heavy (non-hydrogen) atoms. The van der Waals surface area contributed by atoms with Crippen LogP contribution in [0.2, 0.25) is 0 Å². The van der Waals surface area contributed by atoms with Crippen molar-refractivity contribution < 1.29 is 22.9 Å². The van der Waals surface area contributed by atoms with Crippen LogP contribution in [0.1, 0.15) is 12.0 Å². The zero-order valence-corrected chi connectivity index (χ0v) is 12.7. The molecule has 0 saturated heterocycles. The Morgan fingerprint density at radius 3 is 2.79 bits per heavy atom. The van der Waals surface area contributed by atoms with Crippen molar-refractivity contribution in [2.75, 3.05) is 5.32 Å². The molecule has 1 N–H and O–H groups in total. The van der Waals surface area contributed by atoms with Gasteiger partial charge in [-0.25, -0.2) is 4.98 Å². The number of hydrogen-bond acceptors (Lipinski definition) is 5. The number of nitro groups is 1. The number of amides is 1. The first-order valence-electron chi connectivity index (χ1n) is 6.83. The van der Waals surface area contributed by atoms with Crippen LogP contribution in [0.15, 0.2) is 29.6 Å². The Balaban J connectivity index is 1.72. The van der Waals surface area contributed by atoms with E-state index in [1.54, 1.807) is 0 Å². The van der Waals surface area contributed by atoms with Gasteiger partial charge in [-0.2, -0.15) is 13.2 Å². The summed E-state index contributed by atoms with van der Waals surface area (Å²) in [6.07, 6.45) is -4.27. The summed E-state index contributed by atoms with van der Waals surface area (Å²) in [7, 11) is 0. The first kappa shape index (κ1) is 16.4. The van der Waals surface area contributed by atoms with Gasteiger partial charge in [0.05, 0.1) is 11.3 Å². The van der Waals surface area contributed by atoms with E-state index >= 15 is 0 Å². The molecule has 1 heterocycles. The van der Waals surface area contributed by atoms with E-state index in [0.29, 0.717) is 5.69 Å². The van der Waals surface area contributed by atoms with E-state index in [1.807, 2.05) is 0 Å². The highest BCUT2D eigenvalue weighted by molar-refractivity contribution is 7.14. The third-order valence-electron chi connectivity index (χ3n) is 3.58. The molecule has 0 bridgehead atoms. The average Bonchev–Trinajstić information content (AvgIpc) is 3.20. The minimum Gasteiger partial charge on any atom is -0.301 e. The monoisotopic (exact) mass is 357 g/mol. The van der Waals surface area contributed by atoms with Crippen molar-refractivity contribution in [3.8, 4) is 11.3 Å². The number of carbonyl (C=O) groups is 1. The maximum Gasteiger partial charge on any atom is 0.416 e. The summed E-state index contributed by atoms with van der Waals surface area (Å²) < 4.78 is 38.2. The standard InChI is InChI=1S/C14H10F3N3O3S/c15-14(16,17)8-3-1-2-7(4-8)10-6-24-13(18-10)19-12(21)9-5-11(9)20(22)23/h1-4,6,9,11H,5H2,(H,18,19,21)/t9-,11+/m0/s1. The Bertz CT molecular complexity index is 806. The van der Waals surface area contributed by atoms with Crippen LogP contribution in [0.5, 0.6) is 0 Å². The topological polar surface area (TPSA) is 85.1 Å². The normalized spacial score (nSPS) is 19.8. The summed E-state index contributed by atoms with van der Waals surface area (Å²) in [4.78, 5) is 25.9. The average molecular weight is 357 g/mol. The Labute approximate surface area is 137 Å². The molecule has 0 unspecified atom stereocenters. The van der Waals surface area contributed by atoms with Crippen molar-refractivity contribution in [3.63, 3.8) is 0 Å².